The van der Waals surface area contributed by atoms with Gasteiger partial charge < -0.3 is 9.42 Å². The molecule has 1 aliphatic carbocycles. The minimum atomic E-state index is 0.285. The highest BCUT2D eigenvalue weighted by molar-refractivity contribution is 6.30. The molecular weight excluding hydrogens is 414 g/mol. The molecule has 0 N–H and O–H groups in total. The Morgan fingerprint density at radius 3 is 2.45 bits per heavy atom. The molecule has 168 valence electrons. The molecule has 31 heavy (non-hydrogen) atoms. The molecule has 2 aliphatic rings. The number of nitrogens with zero attached hydrogens (tertiary/aromatic N) is 5. The van der Waals surface area contributed by atoms with Crippen molar-refractivity contribution in [3.8, 4) is 11.4 Å². The second-order valence-corrected chi connectivity index (χ2v) is 8.98. The molecular formula is C23H32ClN5O2. The number of piperazine rings is 1. The molecule has 1 aromatic carbocycles. The standard InChI is InChI=1S/C23H32ClN5O2/c1-2-29(20-6-4-3-5-7-20)22(30)17-28-14-12-27(13-15-28)16-21-25-23(26-31-21)18-8-10-19(24)11-9-18/h8-11,20H,2-7,12-17H2,1H3. The Hall–Kier alpha value is -1.96. The number of carbonyl (C=O) groups excluding carboxylic acids is 1. The lowest BCUT2D eigenvalue weighted by molar-refractivity contribution is -0.135. The second-order valence-electron chi connectivity index (χ2n) is 8.54. The van der Waals surface area contributed by atoms with E-state index in [9.17, 15) is 4.79 Å². The van der Waals surface area contributed by atoms with E-state index in [-0.39, 0.29) is 5.91 Å². The van der Waals surface area contributed by atoms with Crippen LogP contribution in [0.15, 0.2) is 28.8 Å². The zero-order chi connectivity index (χ0) is 21.6. The van der Waals surface area contributed by atoms with E-state index in [2.05, 4.69) is 31.8 Å². The van der Waals surface area contributed by atoms with Gasteiger partial charge in [-0.1, -0.05) is 36.0 Å². The Bertz CT molecular complexity index is 842. The summed E-state index contributed by atoms with van der Waals surface area (Å²) < 4.78 is 5.45. The van der Waals surface area contributed by atoms with Gasteiger partial charge in [0.1, 0.15) is 0 Å². The van der Waals surface area contributed by atoms with Gasteiger partial charge in [-0.25, -0.2) is 0 Å². The number of hydrogen-bond acceptors (Lipinski definition) is 6. The third-order valence-corrected chi connectivity index (χ3v) is 6.68. The van der Waals surface area contributed by atoms with Gasteiger partial charge in [0.05, 0.1) is 13.1 Å². The van der Waals surface area contributed by atoms with E-state index in [1.807, 2.05) is 24.3 Å². The van der Waals surface area contributed by atoms with Crippen LogP contribution in [0.5, 0.6) is 0 Å². The van der Waals surface area contributed by atoms with Crippen LogP contribution in [0.2, 0.25) is 5.02 Å². The first kappa shape index (κ1) is 22.2. The van der Waals surface area contributed by atoms with E-state index in [0.29, 0.717) is 35.9 Å². The van der Waals surface area contributed by atoms with Gasteiger partial charge in [-0.15, -0.1) is 0 Å². The first-order chi connectivity index (χ1) is 15.1. The van der Waals surface area contributed by atoms with Crippen LogP contribution in [-0.2, 0) is 11.3 Å². The van der Waals surface area contributed by atoms with Gasteiger partial charge in [0, 0.05) is 49.4 Å². The highest BCUT2D eigenvalue weighted by atomic mass is 35.5. The van der Waals surface area contributed by atoms with E-state index in [1.54, 1.807) is 0 Å². The average Bonchev–Trinajstić information content (AvgIpc) is 3.25. The van der Waals surface area contributed by atoms with E-state index in [4.69, 9.17) is 16.1 Å². The summed E-state index contributed by atoms with van der Waals surface area (Å²) in [5, 5.41) is 4.78. The van der Waals surface area contributed by atoms with Crippen molar-refractivity contribution < 1.29 is 9.32 Å². The maximum atomic E-state index is 12.9. The van der Waals surface area contributed by atoms with Crippen molar-refractivity contribution in [3.05, 3.63) is 35.2 Å². The van der Waals surface area contributed by atoms with Gasteiger partial charge in [-0.3, -0.25) is 14.6 Å². The lowest BCUT2D eigenvalue weighted by Gasteiger charge is -2.37. The Morgan fingerprint density at radius 1 is 1.10 bits per heavy atom. The van der Waals surface area contributed by atoms with Crippen LogP contribution in [0.4, 0.5) is 0 Å². The lowest BCUT2D eigenvalue weighted by atomic mass is 9.94. The maximum absolute atomic E-state index is 12.9. The fourth-order valence-electron chi connectivity index (χ4n) is 4.65. The first-order valence-corrected chi connectivity index (χ1v) is 11.8. The van der Waals surface area contributed by atoms with Crippen LogP contribution in [0, 0.1) is 0 Å². The number of rotatable bonds is 7. The van der Waals surface area contributed by atoms with E-state index in [1.165, 1.54) is 19.3 Å². The maximum Gasteiger partial charge on any atom is 0.241 e. The van der Waals surface area contributed by atoms with Crippen LogP contribution in [0.3, 0.4) is 0 Å². The fraction of sp³-hybridized carbons (Fsp3) is 0.609. The highest BCUT2D eigenvalue weighted by Crippen LogP contribution is 2.23. The molecule has 0 atom stereocenters. The molecule has 2 fully saturated rings. The van der Waals surface area contributed by atoms with Crippen molar-refractivity contribution in [1.29, 1.82) is 0 Å². The Balaban J connectivity index is 1.24. The van der Waals surface area contributed by atoms with Crippen LogP contribution in [0.25, 0.3) is 11.4 Å². The molecule has 4 rings (SSSR count). The first-order valence-electron chi connectivity index (χ1n) is 11.4. The molecule has 0 bridgehead atoms. The molecule has 1 saturated heterocycles. The highest BCUT2D eigenvalue weighted by Gasteiger charge is 2.27. The molecule has 0 radical (unpaired) electrons. The van der Waals surface area contributed by atoms with Gasteiger partial charge in [0.25, 0.3) is 0 Å². The summed E-state index contributed by atoms with van der Waals surface area (Å²) in [7, 11) is 0. The number of hydrogen-bond donors (Lipinski definition) is 0. The van der Waals surface area contributed by atoms with E-state index < -0.39 is 0 Å². The van der Waals surface area contributed by atoms with Crippen LogP contribution < -0.4 is 0 Å². The van der Waals surface area contributed by atoms with Crippen LogP contribution >= 0.6 is 11.6 Å². The summed E-state index contributed by atoms with van der Waals surface area (Å²) in [5.74, 6) is 1.48. The van der Waals surface area contributed by atoms with Crippen molar-refractivity contribution >= 4 is 17.5 Å². The van der Waals surface area contributed by atoms with Gasteiger partial charge in [-0.05, 0) is 44.0 Å². The summed E-state index contributed by atoms with van der Waals surface area (Å²) in [6.07, 6.45) is 6.14. The second kappa shape index (κ2) is 10.6. The van der Waals surface area contributed by atoms with Crippen LogP contribution in [-0.4, -0.2) is 76.1 Å². The lowest BCUT2D eigenvalue weighted by Crippen LogP contribution is -2.51. The minimum absolute atomic E-state index is 0.285. The summed E-state index contributed by atoms with van der Waals surface area (Å²) >= 11 is 5.94. The Morgan fingerprint density at radius 2 is 1.77 bits per heavy atom. The third-order valence-electron chi connectivity index (χ3n) is 6.43. The van der Waals surface area contributed by atoms with Gasteiger partial charge >= 0.3 is 0 Å². The summed E-state index contributed by atoms with van der Waals surface area (Å²) in [4.78, 5) is 24.1. The molecule has 7 nitrogen and oxygen atoms in total. The predicted octanol–water partition coefficient (Wildman–Crippen LogP) is 3.69. The molecule has 1 aromatic heterocycles. The molecule has 0 spiro atoms. The zero-order valence-corrected chi connectivity index (χ0v) is 19.1. The number of aromatic nitrogens is 2. The minimum Gasteiger partial charge on any atom is -0.339 e. The Labute approximate surface area is 189 Å². The molecule has 8 heteroatoms. The Kier molecular flexibility index (Phi) is 7.58. The summed E-state index contributed by atoms with van der Waals surface area (Å²) in [6.45, 7) is 7.62. The van der Waals surface area contributed by atoms with E-state index in [0.717, 1.165) is 51.1 Å². The van der Waals surface area contributed by atoms with Crippen molar-refractivity contribution in [3.63, 3.8) is 0 Å². The largest absolute Gasteiger partial charge is 0.339 e. The van der Waals surface area contributed by atoms with Gasteiger partial charge in [0.2, 0.25) is 17.6 Å². The molecule has 2 aromatic rings. The number of amides is 1. The topological polar surface area (TPSA) is 65.7 Å². The predicted molar refractivity (Wildman–Crippen MR) is 121 cm³/mol. The zero-order valence-electron chi connectivity index (χ0n) is 18.3. The molecule has 2 heterocycles. The summed E-state index contributed by atoms with van der Waals surface area (Å²) in [6, 6.07) is 7.86. The van der Waals surface area contributed by atoms with E-state index >= 15 is 0 Å². The number of benzene rings is 1. The molecule has 0 unspecified atom stereocenters. The van der Waals surface area contributed by atoms with Crippen molar-refractivity contribution in [2.45, 2.75) is 51.6 Å². The number of carbonyl (C=O) groups is 1. The SMILES string of the molecule is CCN(C(=O)CN1CCN(Cc2nc(-c3ccc(Cl)cc3)no2)CC1)C1CCCCC1. The smallest absolute Gasteiger partial charge is 0.241 e. The third kappa shape index (κ3) is 5.84. The van der Waals surface area contributed by atoms with Crippen molar-refractivity contribution in [2.75, 3.05) is 39.3 Å². The van der Waals surface area contributed by atoms with Gasteiger partial charge in [-0.2, -0.15) is 4.98 Å². The summed E-state index contributed by atoms with van der Waals surface area (Å²) in [5.41, 5.74) is 0.890. The molecule has 1 saturated carbocycles. The molecule has 1 amide bonds. The van der Waals surface area contributed by atoms with Crippen LogP contribution in [0.1, 0.15) is 44.9 Å². The van der Waals surface area contributed by atoms with Gasteiger partial charge in [0.15, 0.2) is 0 Å². The average molecular weight is 446 g/mol. The normalized spacial score (nSPS) is 18.9. The fourth-order valence-corrected chi connectivity index (χ4v) is 4.77. The van der Waals surface area contributed by atoms with Crippen molar-refractivity contribution in [2.24, 2.45) is 0 Å². The number of likely N-dealkylation sites (N-methyl/N-ethyl adjacent to an activating group) is 1. The molecule has 1 aliphatic heterocycles. The quantitative estimate of drug-likeness (QED) is 0.647. The van der Waals surface area contributed by atoms with Crippen molar-refractivity contribution in [1.82, 2.24) is 24.8 Å². The number of halogens is 1. The monoisotopic (exact) mass is 445 g/mol.